The van der Waals surface area contributed by atoms with Crippen LogP contribution < -0.4 is 11.3 Å². The number of nitrogens with two attached hydrogens (primary N) is 1. The van der Waals surface area contributed by atoms with Crippen molar-refractivity contribution in [3.05, 3.63) is 0 Å². The van der Waals surface area contributed by atoms with Crippen LogP contribution in [0.25, 0.3) is 0 Å². The van der Waals surface area contributed by atoms with Crippen LogP contribution in [-0.2, 0) is 0 Å². The summed E-state index contributed by atoms with van der Waals surface area (Å²) in [5, 5.41) is 0. The number of rotatable bonds is 4. The van der Waals surface area contributed by atoms with E-state index >= 15 is 0 Å². The minimum absolute atomic E-state index is 0.568. The molecule has 0 atom stereocenters. The van der Waals surface area contributed by atoms with Crippen LogP contribution in [0.15, 0.2) is 4.99 Å². The Morgan fingerprint density at radius 2 is 2.15 bits per heavy atom. The topological polar surface area (TPSA) is 53.6 Å². The van der Waals surface area contributed by atoms with Gasteiger partial charge in [0.25, 0.3) is 0 Å². The van der Waals surface area contributed by atoms with Gasteiger partial charge in [-0.3, -0.25) is 10.4 Å². The molecule has 0 aromatic rings. The summed E-state index contributed by atoms with van der Waals surface area (Å²) in [4.78, 5) is 6.40. The minimum Gasteiger partial charge on any atom is -0.345 e. The molecule has 0 saturated heterocycles. The Morgan fingerprint density at radius 3 is 2.54 bits per heavy atom. The monoisotopic (exact) mass is 186 g/mol. The SMILES string of the molecule is CCCN(C)C(=NCC(C)C)NN. The molecule has 4 nitrogen and oxygen atoms in total. The summed E-state index contributed by atoms with van der Waals surface area (Å²) < 4.78 is 0. The van der Waals surface area contributed by atoms with Gasteiger partial charge in [0, 0.05) is 20.1 Å². The molecule has 13 heavy (non-hydrogen) atoms. The van der Waals surface area contributed by atoms with Crippen molar-refractivity contribution in [3.63, 3.8) is 0 Å². The number of guanidine groups is 1. The molecule has 0 amide bonds. The number of nitrogens with one attached hydrogen (secondary N) is 1. The summed E-state index contributed by atoms with van der Waals surface area (Å²) >= 11 is 0. The van der Waals surface area contributed by atoms with Crippen LogP contribution in [0, 0.1) is 5.92 Å². The van der Waals surface area contributed by atoms with Crippen LogP contribution in [-0.4, -0.2) is 31.0 Å². The Morgan fingerprint density at radius 1 is 1.54 bits per heavy atom. The van der Waals surface area contributed by atoms with E-state index in [4.69, 9.17) is 5.84 Å². The van der Waals surface area contributed by atoms with E-state index < -0.39 is 0 Å². The second kappa shape index (κ2) is 6.71. The van der Waals surface area contributed by atoms with E-state index in [1.165, 1.54) is 0 Å². The zero-order valence-electron chi connectivity index (χ0n) is 9.17. The first-order valence-electron chi connectivity index (χ1n) is 4.84. The Bertz CT molecular complexity index is 154. The van der Waals surface area contributed by atoms with E-state index in [1.807, 2.05) is 11.9 Å². The molecule has 3 N–H and O–H groups in total. The lowest BCUT2D eigenvalue weighted by molar-refractivity contribution is 0.476. The molecule has 0 heterocycles. The van der Waals surface area contributed by atoms with Gasteiger partial charge in [0.2, 0.25) is 5.96 Å². The third-order valence-corrected chi connectivity index (χ3v) is 1.66. The van der Waals surface area contributed by atoms with Crippen molar-refractivity contribution >= 4 is 5.96 Å². The van der Waals surface area contributed by atoms with Crippen molar-refractivity contribution in [1.82, 2.24) is 10.3 Å². The van der Waals surface area contributed by atoms with Gasteiger partial charge in [0.05, 0.1) is 0 Å². The van der Waals surface area contributed by atoms with Gasteiger partial charge < -0.3 is 4.90 Å². The third-order valence-electron chi connectivity index (χ3n) is 1.66. The fraction of sp³-hybridized carbons (Fsp3) is 0.889. The van der Waals surface area contributed by atoms with Crippen molar-refractivity contribution < 1.29 is 0 Å². The van der Waals surface area contributed by atoms with Gasteiger partial charge in [0.15, 0.2) is 0 Å². The predicted molar refractivity (Wildman–Crippen MR) is 57.4 cm³/mol. The molecule has 0 spiro atoms. The second-order valence-electron chi connectivity index (χ2n) is 3.62. The third kappa shape index (κ3) is 5.47. The maximum atomic E-state index is 5.37. The average molecular weight is 186 g/mol. The molecule has 0 aliphatic heterocycles. The molecule has 0 fully saturated rings. The van der Waals surface area contributed by atoms with E-state index in [1.54, 1.807) is 0 Å². The fourth-order valence-electron chi connectivity index (χ4n) is 0.987. The molecule has 0 rings (SSSR count). The highest BCUT2D eigenvalue weighted by Gasteiger charge is 2.02. The van der Waals surface area contributed by atoms with Crippen LogP contribution in [0.5, 0.6) is 0 Å². The Kier molecular flexibility index (Phi) is 6.32. The first-order chi connectivity index (χ1) is 6.11. The van der Waals surface area contributed by atoms with Crippen LogP contribution in [0.2, 0.25) is 0 Å². The molecular weight excluding hydrogens is 164 g/mol. The lowest BCUT2D eigenvalue weighted by atomic mass is 10.2. The number of hydrogen-bond donors (Lipinski definition) is 2. The van der Waals surface area contributed by atoms with Gasteiger partial charge in [0.1, 0.15) is 0 Å². The Hall–Kier alpha value is -0.770. The highest BCUT2D eigenvalue weighted by Crippen LogP contribution is 1.94. The molecule has 0 aromatic carbocycles. The van der Waals surface area contributed by atoms with Crippen molar-refractivity contribution in [2.45, 2.75) is 27.2 Å². The van der Waals surface area contributed by atoms with Gasteiger partial charge in [-0.1, -0.05) is 20.8 Å². The van der Waals surface area contributed by atoms with Crippen LogP contribution in [0.3, 0.4) is 0 Å². The second-order valence-corrected chi connectivity index (χ2v) is 3.62. The molecule has 78 valence electrons. The fourth-order valence-corrected chi connectivity index (χ4v) is 0.987. The number of hydrogen-bond acceptors (Lipinski definition) is 2. The summed E-state index contributed by atoms with van der Waals surface area (Å²) in [6.45, 7) is 8.19. The summed E-state index contributed by atoms with van der Waals surface area (Å²) in [6.07, 6.45) is 1.10. The first-order valence-corrected chi connectivity index (χ1v) is 4.84. The zero-order valence-corrected chi connectivity index (χ0v) is 9.17. The van der Waals surface area contributed by atoms with E-state index in [2.05, 4.69) is 31.2 Å². The Balaban J connectivity index is 4.06. The minimum atomic E-state index is 0.568. The lowest BCUT2D eigenvalue weighted by Crippen LogP contribution is -2.43. The molecular formula is C9H22N4. The lowest BCUT2D eigenvalue weighted by Gasteiger charge is -2.19. The molecule has 4 heteroatoms. The maximum Gasteiger partial charge on any atom is 0.208 e. The molecule has 0 unspecified atom stereocenters. The van der Waals surface area contributed by atoms with Crippen LogP contribution >= 0.6 is 0 Å². The maximum absolute atomic E-state index is 5.37. The predicted octanol–water partition coefficient (Wildman–Crippen LogP) is 0.804. The van der Waals surface area contributed by atoms with E-state index in [9.17, 15) is 0 Å². The van der Waals surface area contributed by atoms with E-state index in [0.29, 0.717) is 5.92 Å². The quantitative estimate of drug-likeness (QED) is 0.295. The highest BCUT2D eigenvalue weighted by molar-refractivity contribution is 5.79. The van der Waals surface area contributed by atoms with Gasteiger partial charge in [-0.2, -0.15) is 0 Å². The largest absolute Gasteiger partial charge is 0.345 e. The molecule has 0 saturated carbocycles. The Labute approximate surface area is 81.2 Å². The normalized spacial score (nSPS) is 12.0. The molecule has 0 bridgehead atoms. The molecule has 0 aromatic heterocycles. The van der Waals surface area contributed by atoms with Gasteiger partial charge >= 0.3 is 0 Å². The average Bonchev–Trinajstić information content (AvgIpc) is 2.05. The summed E-state index contributed by atoms with van der Waals surface area (Å²) in [5.74, 6) is 6.71. The number of hydrazine groups is 1. The van der Waals surface area contributed by atoms with Crippen molar-refractivity contribution in [3.8, 4) is 0 Å². The molecule has 0 aliphatic rings. The number of aliphatic imine (C=N–C) groups is 1. The van der Waals surface area contributed by atoms with Crippen molar-refractivity contribution in [2.75, 3.05) is 20.1 Å². The summed E-state index contributed by atoms with van der Waals surface area (Å²) in [7, 11) is 1.99. The van der Waals surface area contributed by atoms with E-state index in [0.717, 1.165) is 25.5 Å². The van der Waals surface area contributed by atoms with Gasteiger partial charge in [-0.25, -0.2) is 5.84 Å². The van der Waals surface area contributed by atoms with Gasteiger partial charge in [-0.05, 0) is 12.3 Å². The standard InChI is InChI=1S/C9H22N4/c1-5-6-13(4)9(12-10)11-7-8(2)3/h8H,5-7,10H2,1-4H3,(H,11,12). The van der Waals surface area contributed by atoms with Crippen molar-refractivity contribution in [1.29, 1.82) is 0 Å². The van der Waals surface area contributed by atoms with Crippen LogP contribution in [0.4, 0.5) is 0 Å². The van der Waals surface area contributed by atoms with Crippen molar-refractivity contribution in [2.24, 2.45) is 16.8 Å². The van der Waals surface area contributed by atoms with Gasteiger partial charge in [-0.15, -0.1) is 0 Å². The zero-order chi connectivity index (χ0) is 10.3. The smallest absolute Gasteiger partial charge is 0.208 e. The number of nitrogens with zero attached hydrogens (tertiary/aromatic N) is 2. The summed E-state index contributed by atoms with van der Waals surface area (Å²) in [5.41, 5.74) is 2.62. The molecule has 0 radical (unpaired) electrons. The van der Waals surface area contributed by atoms with Crippen LogP contribution in [0.1, 0.15) is 27.2 Å². The highest BCUT2D eigenvalue weighted by atomic mass is 15.4. The first kappa shape index (κ1) is 12.2. The molecule has 0 aliphatic carbocycles. The van der Waals surface area contributed by atoms with E-state index in [-0.39, 0.29) is 0 Å². The summed E-state index contributed by atoms with van der Waals surface area (Å²) in [6, 6.07) is 0.